The summed E-state index contributed by atoms with van der Waals surface area (Å²) in [5.41, 5.74) is 6.84. The summed E-state index contributed by atoms with van der Waals surface area (Å²) < 4.78 is 30.7. The Morgan fingerprint density at radius 2 is 1.26 bits per heavy atom. The van der Waals surface area contributed by atoms with Gasteiger partial charge in [0, 0.05) is 28.3 Å². The Morgan fingerprint density at radius 3 is 2.00 bits per heavy atom. The van der Waals surface area contributed by atoms with Crippen molar-refractivity contribution in [2.45, 2.75) is 32.6 Å². The minimum atomic E-state index is -3.48. The van der Waals surface area contributed by atoms with Crippen molar-refractivity contribution in [2.75, 3.05) is 4.90 Å². The van der Waals surface area contributed by atoms with E-state index in [0.717, 1.165) is 66.4 Å². The number of hydrogen-bond acceptors (Lipinski definition) is 4. The summed E-state index contributed by atoms with van der Waals surface area (Å²) in [7, 11) is -3.48. The molecule has 220 valence electrons. The Kier molecular flexibility index (Phi) is 4.39. The number of ether oxygens (including phenoxy) is 2. The molecule has 7 aromatic carbocycles. The van der Waals surface area contributed by atoms with Crippen molar-refractivity contribution in [3.63, 3.8) is 0 Å². The largest absolute Gasteiger partial charge is 0.455 e. The minimum Gasteiger partial charge on any atom is -0.455 e. The van der Waals surface area contributed by atoms with Crippen molar-refractivity contribution >= 4 is 72.4 Å². The van der Waals surface area contributed by atoms with E-state index in [1.807, 2.05) is 18.2 Å². The average Bonchev–Trinajstić information content (AvgIpc) is 3.06. The fraction of sp³-hybridized carbons (Fsp3) is 0.122. The molecule has 0 N–H and O–H groups in total. The monoisotopic (exact) mass is 613 g/mol. The average molecular weight is 614 g/mol. The maximum Gasteiger partial charge on any atom is 0.190 e. The van der Waals surface area contributed by atoms with Crippen molar-refractivity contribution < 1.29 is 14.0 Å². The van der Waals surface area contributed by atoms with E-state index < -0.39 is 7.14 Å². The van der Waals surface area contributed by atoms with Crippen LogP contribution >= 0.6 is 7.14 Å². The molecule has 0 fully saturated rings. The summed E-state index contributed by atoms with van der Waals surface area (Å²) in [6.45, 7) is 6.80. The second-order valence-corrected chi connectivity index (χ2v) is 16.6. The lowest BCUT2D eigenvalue weighted by atomic mass is 9.83. The van der Waals surface area contributed by atoms with Gasteiger partial charge >= 0.3 is 0 Å². The van der Waals surface area contributed by atoms with Crippen LogP contribution < -0.4 is 30.3 Å². The highest BCUT2D eigenvalue weighted by Crippen LogP contribution is 2.69. The molecule has 0 spiro atoms. The van der Waals surface area contributed by atoms with Crippen LogP contribution in [0.5, 0.6) is 23.0 Å². The number of hydrogen-bond donors (Lipinski definition) is 0. The van der Waals surface area contributed by atoms with Gasteiger partial charge in [0.25, 0.3) is 0 Å². The molecule has 46 heavy (non-hydrogen) atoms. The number of benzene rings is 7. The number of anilines is 3. The molecule has 5 heteroatoms. The Labute approximate surface area is 266 Å². The zero-order valence-corrected chi connectivity index (χ0v) is 26.5. The van der Waals surface area contributed by atoms with E-state index >= 15 is 4.57 Å². The third-order valence-corrected chi connectivity index (χ3v) is 13.7. The van der Waals surface area contributed by atoms with Gasteiger partial charge in [-0.25, -0.2) is 0 Å². The molecule has 4 heterocycles. The fourth-order valence-corrected chi connectivity index (χ4v) is 11.9. The van der Waals surface area contributed by atoms with Crippen LogP contribution in [0.3, 0.4) is 0 Å². The van der Waals surface area contributed by atoms with Crippen molar-refractivity contribution in [1.29, 1.82) is 0 Å². The van der Waals surface area contributed by atoms with Crippen LogP contribution in [0.2, 0.25) is 0 Å². The summed E-state index contributed by atoms with van der Waals surface area (Å²) in [6.07, 6.45) is 0.753. The predicted octanol–water partition coefficient (Wildman–Crippen LogP) is 9.98. The molecule has 4 aliphatic heterocycles. The van der Waals surface area contributed by atoms with Crippen LogP contribution in [0.4, 0.5) is 17.1 Å². The van der Waals surface area contributed by atoms with Crippen LogP contribution in [-0.4, -0.2) is 0 Å². The lowest BCUT2D eigenvalue weighted by molar-refractivity contribution is 0.470. The first-order valence-electron chi connectivity index (χ1n) is 15.9. The molecule has 11 rings (SSSR count). The van der Waals surface area contributed by atoms with Gasteiger partial charge < -0.3 is 18.9 Å². The smallest absolute Gasteiger partial charge is 0.190 e. The third-order valence-electron chi connectivity index (χ3n) is 10.5. The Hall–Kier alpha value is -5.05. The van der Waals surface area contributed by atoms with E-state index in [4.69, 9.17) is 9.47 Å². The highest BCUT2D eigenvalue weighted by molar-refractivity contribution is 7.87. The normalized spacial score (nSPS) is 17.8. The van der Waals surface area contributed by atoms with Crippen LogP contribution in [0.25, 0.3) is 32.3 Å². The predicted molar refractivity (Wildman–Crippen MR) is 188 cm³/mol. The van der Waals surface area contributed by atoms with Gasteiger partial charge in [0.05, 0.1) is 22.0 Å². The zero-order valence-electron chi connectivity index (χ0n) is 25.6. The van der Waals surface area contributed by atoms with E-state index in [9.17, 15) is 0 Å². The maximum atomic E-state index is 16.7. The lowest BCUT2D eigenvalue weighted by Gasteiger charge is -2.47. The van der Waals surface area contributed by atoms with Gasteiger partial charge in [-0.15, -0.1) is 0 Å². The summed E-state index contributed by atoms with van der Waals surface area (Å²) in [5.74, 6) is 2.67. The Balaban J connectivity index is 1.38. The number of nitrogens with zero attached hydrogens (tertiary/aromatic N) is 1. The number of fused-ring (bicyclic) bond motifs is 10. The summed E-state index contributed by atoms with van der Waals surface area (Å²) in [5, 5.41) is 8.39. The van der Waals surface area contributed by atoms with Crippen molar-refractivity contribution in [1.82, 2.24) is 0 Å². The first kappa shape index (κ1) is 25.2. The molecule has 4 aliphatic rings. The molecule has 1 unspecified atom stereocenters. The van der Waals surface area contributed by atoms with Crippen molar-refractivity contribution in [2.24, 2.45) is 0 Å². The summed E-state index contributed by atoms with van der Waals surface area (Å²) in [4.78, 5) is 2.37. The SMILES string of the molecule is CC(C)(C)c1ccc2c(c1)Cc1c3c4c(c5ccccc15)Oc1c5c(cc6ccccc16)Oc1c(c(cc6ccccc16)N23)P54=O. The molecule has 4 nitrogen and oxygen atoms in total. The molecule has 7 aromatic rings. The van der Waals surface area contributed by atoms with E-state index in [0.29, 0.717) is 28.3 Å². The van der Waals surface area contributed by atoms with Gasteiger partial charge in [0.2, 0.25) is 0 Å². The quantitative estimate of drug-likeness (QED) is 0.160. The second kappa shape index (κ2) is 8.02. The molecular formula is C41H28NO3P. The van der Waals surface area contributed by atoms with E-state index in [1.165, 1.54) is 16.7 Å². The second-order valence-electron chi connectivity index (χ2n) is 14.0. The number of rotatable bonds is 0. The van der Waals surface area contributed by atoms with Gasteiger partial charge in [-0.3, -0.25) is 0 Å². The molecule has 0 saturated heterocycles. The molecule has 1 atom stereocenters. The summed E-state index contributed by atoms with van der Waals surface area (Å²) >= 11 is 0. The van der Waals surface area contributed by atoms with Crippen molar-refractivity contribution in [3.05, 3.63) is 120 Å². The molecule has 0 radical (unpaired) electrons. The van der Waals surface area contributed by atoms with Crippen molar-refractivity contribution in [3.8, 4) is 23.0 Å². The van der Waals surface area contributed by atoms with E-state index in [2.05, 4.69) is 111 Å². The van der Waals surface area contributed by atoms with E-state index in [1.54, 1.807) is 0 Å². The van der Waals surface area contributed by atoms with Crippen LogP contribution in [0.1, 0.15) is 37.5 Å². The topological polar surface area (TPSA) is 38.8 Å². The lowest BCUT2D eigenvalue weighted by Crippen LogP contribution is -2.44. The van der Waals surface area contributed by atoms with Crippen LogP contribution in [0.15, 0.2) is 103 Å². The maximum absolute atomic E-state index is 16.7. The first-order chi connectivity index (χ1) is 22.3. The van der Waals surface area contributed by atoms with Crippen LogP contribution in [-0.2, 0) is 16.4 Å². The Bertz CT molecular complexity index is 2650. The molecule has 0 bridgehead atoms. The molecular weight excluding hydrogens is 585 g/mol. The first-order valence-corrected chi connectivity index (χ1v) is 17.6. The summed E-state index contributed by atoms with van der Waals surface area (Å²) in [6, 6.07) is 36.2. The molecule has 0 aliphatic carbocycles. The van der Waals surface area contributed by atoms with Gasteiger partial charge in [0.1, 0.15) is 28.3 Å². The standard InChI is InChI=1S/C41H28NO3P/c1-41(2,3)25-16-17-31-24(18-25)19-30-28-14-8-9-15-29(28)37-40-34(30)42(31)32-20-22-10-4-6-12-26(22)35-38(32)46(40,43)39-33(44-35)21-23-11-5-7-13-27(23)36(39)45-37/h4-18,20-21H,19H2,1-3H3. The van der Waals surface area contributed by atoms with Crippen LogP contribution in [0, 0.1) is 0 Å². The van der Waals surface area contributed by atoms with Gasteiger partial charge in [-0.2, -0.15) is 0 Å². The van der Waals surface area contributed by atoms with Gasteiger partial charge in [-0.05, 0) is 56.5 Å². The zero-order chi connectivity index (χ0) is 30.7. The highest BCUT2D eigenvalue weighted by Gasteiger charge is 2.56. The molecule has 0 saturated carbocycles. The Morgan fingerprint density at radius 1 is 0.630 bits per heavy atom. The van der Waals surface area contributed by atoms with E-state index in [-0.39, 0.29) is 5.41 Å². The van der Waals surface area contributed by atoms with Gasteiger partial charge in [-0.1, -0.05) is 106 Å². The van der Waals surface area contributed by atoms with Gasteiger partial charge in [0.15, 0.2) is 7.14 Å². The fourth-order valence-electron chi connectivity index (χ4n) is 8.41. The molecule has 0 amide bonds. The minimum absolute atomic E-state index is 0.0114. The highest BCUT2D eigenvalue weighted by atomic mass is 31.2. The molecule has 0 aromatic heterocycles. The third kappa shape index (κ3) is 2.82.